The molecule has 150 valence electrons. The number of oxazole rings is 1. The van der Waals surface area contributed by atoms with Gasteiger partial charge in [0, 0.05) is 28.1 Å². The van der Waals surface area contributed by atoms with Gasteiger partial charge in [0.25, 0.3) is 10.0 Å². The number of rotatable bonds is 5. The maximum atomic E-state index is 14.7. The van der Waals surface area contributed by atoms with Gasteiger partial charge in [-0.3, -0.25) is 9.29 Å². The van der Waals surface area contributed by atoms with Crippen LogP contribution in [-0.4, -0.2) is 22.3 Å². The maximum Gasteiger partial charge on any atom is 0.420 e. The van der Waals surface area contributed by atoms with Crippen LogP contribution in [0, 0.1) is 5.82 Å². The molecular formula is C17H12BrFN4O4S2. The van der Waals surface area contributed by atoms with E-state index in [1.165, 1.54) is 10.9 Å². The normalized spacial score (nSPS) is 12.9. The Hall–Kier alpha value is -2.57. The zero-order valence-corrected chi connectivity index (χ0v) is 17.9. The minimum absolute atomic E-state index is 0.00760. The smallest absolute Gasteiger partial charge is 0.408 e. The minimum Gasteiger partial charge on any atom is -0.408 e. The number of halogens is 2. The lowest BCUT2D eigenvalue weighted by atomic mass is 10.1. The third-order valence-electron chi connectivity index (χ3n) is 4.26. The van der Waals surface area contributed by atoms with Gasteiger partial charge in [0.15, 0.2) is 5.58 Å². The number of aromatic nitrogens is 3. The molecular weight excluding hydrogens is 487 g/mol. The van der Waals surface area contributed by atoms with Gasteiger partial charge < -0.3 is 4.42 Å². The molecule has 0 radical (unpaired) electrons. The van der Waals surface area contributed by atoms with Crippen LogP contribution in [0.3, 0.4) is 0 Å². The number of nitrogens with zero attached hydrogens (tertiary/aromatic N) is 3. The van der Waals surface area contributed by atoms with E-state index in [9.17, 15) is 17.6 Å². The van der Waals surface area contributed by atoms with Crippen LogP contribution in [0.4, 0.5) is 9.52 Å². The van der Waals surface area contributed by atoms with Crippen LogP contribution in [0.25, 0.3) is 11.1 Å². The monoisotopic (exact) mass is 498 g/mol. The zero-order chi connectivity index (χ0) is 20.8. The van der Waals surface area contributed by atoms with Crippen molar-refractivity contribution in [1.82, 2.24) is 13.9 Å². The summed E-state index contributed by atoms with van der Waals surface area (Å²) in [4.78, 5) is 15.5. The highest BCUT2D eigenvalue weighted by Gasteiger charge is 2.25. The van der Waals surface area contributed by atoms with Crippen LogP contribution in [0.1, 0.15) is 18.5 Å². The van der Waals surface area contributed by atoms with Crippen LogP contribution in [0.2, 0.25) is 0 Å². The van der Waals surface area contributed by atoms with Crippen LogP contribution in [0.5, 0.6) is 0 Å². The van der Waals surface area contributed by atoms with Crippen LogP contribution < -0.4 is 10.5 Å². The summed E-state index contributed by atoms with van der Waals surface area (Å²) in [7, 11) is -4.28. The molecule has 0 saturated heterocycles. The molecule has 29 heavy (non-hydrogen) atoms. The van der Waals surface area contributed by atoms with Gasteiger partial charge in [0.2, 0.25) is 5.13 Å². The average molecular weight is 499 g/mol. The fourth-order valence-corrected chi connectivity index (χ4v) is 5.07. The summed E-state index contributed by atoms with van der Waals surface area (Å²) in [6.07, 6.45) is 1.17. The summed E-state index contributed by atoms with van der Waals surface area (Å²) in [6.45, 7) is 1.76. The largest absolute Gasteiger partial charge is 0.420 e. The van der Waals surface area contributed by atoms with E-state index in [2.05, 4.69) is 30.0 Å². The third kappa shape index (κ3) is 3.70. The van der Waals surface area contributed by atoms with Crippen molar-refractivity contribution in [3.05, 3.63) is 69.1 Å². The van der Waals surface area contributed by atoms with Crippen LogP contribution in [0.15, 0.2) is 61.3 Å². The molecule has 1 unspecified atom stereocenters. The lowest BCUT2D eigenvalue weighted by Gasteiger charge is -2.14. The van der Waals surface area contributed by atoms with Crippen molar-refractivity contribution in [3.63, 3.8) is 0 Å². The fraction of sp³-hybridized carbons (Fsp3) is 0.118. The Balaban J connectivity index is 1.82. The third-order valence-corrected chi connectivity index (χ3v) is 6.81. The van der Waals surface area contributed by atoms with Gasteiger partial charge in [0.05, 0.1) is 11.6 Å². The summed E-state index contributed by atoms with van der Waals surface area (Å²) in [6, 6.07) is 8.80. The molecule has 8 nitrogen and oxygen atoms in total. The molecule has 2 aromatic heterocycles. The second kappa shape index (κ2) is 7.35. The van der Waals surface area contributed by atoms with Crippen molar-refractivity contribution < 1.29 is 17.2 Å². The molecule has 2 heterocycles. The lowest BCUT2D eigenvalue weighted by molar-refractivity contribution is 0.489. The summed E-state index contributed by atoms with van der Waals surface area (Å²) >= 11 is 4.18. The van der Waals surface area contributed by atoms with E-state index >= 15 is 0 Å². The Kier molecular flexibility index (Phi) is 5.00. The van der Waals surface area contributed by atoms with Gasteiger partial charge in [-0.2, -0.15) is 4.37 Å². The molecule has 4 rings (SSSR count). The van der Waals surface area contributed by atoms with E-state index in [1.54, 1.807) is 6.92 Å². The maximum absolute atomic E-state index is 14.7. The van der Waals surface area contributed by atoms with Crippen molar-refractivity contribution >= 4 is 53.7 Å². The Morgan fingerprint density at radius 1 is 1.31 bits per heavy atom. The zero-order valence-electron chi connectivity index (χ0n) is 14.7. The van der Waals surface area contributed by atoms with Gasteiger partial charge in [-0.25, -0.2) is 22.6 Å². The van der Waals surface area contributed by atoms with E-state index < -0.39 is 32.5 Å². The van der Waals surface area contributed by atoms with E-state index in [-0.39, 0.29) is 16.2 Å². The number of benzene rings is 2. The molecule has 0 fully saturated rings. The van der Waals surface area contributed by atoms with E-state index in [0.29, 0.717) is 0 Å². The molecule has 0 bridgehead atoms. The molecule has 4 aromatic rings. The molecule has 0 aliphatic rings. The number of fused-ring (bicyclic) bond motifs is 1. The molecule has 1 atom stereocenters. The highest BCUT2D eigenvalue weighted by atomic mass is 79.9. The topological polar surface area (TPSA) is 107 Å². The Morgan fingerprint density at radius 2 is 2.10 bits per heavy atom. The molecule has 0 amide bonds. The number of nitrogens with one attached hydrogen (secondary N) is 1. The number of hydrogen-bond acceptors (Lipinski definition) is 7. The summed E-state index contributed by atoms with van der Waals surface area (Å²) < 4.78 is 52.9. The summed E-state index contributed by atoms with van der Waals surface area (Å²) in [5.74, 6) is -1.75. The molecule has 0 spiro atoms. The fourth-order valence-electron chi connectivity index (χ4n) is 2.91. The van der Waals surface area contributed by atoms with Gasteiger partial charge in [-0.1, -0.05) is 28.1 Å². The number of sulfonamides is 1. The highest BCUT2D eigenvalue weighted by molar-refractivity contribution is 9.10. The van der Waals surface area contributed by atoms with Crippen LogP contribution in [-0.2, 0) is 10.0 Å². The Bertz CT molecular complexity index is 1370. The minimum atomic E-state index is -4.28. The Labute approximate surface area is 176 Å². The van der Waals surface area contributed by atoms with E-state index in [1.807, 2.05) is 24.3 Å². The van der Waals surface area contributed by atoms with Crippen LogP contribution >= 0.6 is 27.5 Å². The first-order valence-electron chi connectivity index (χ1n) is 8.16. The average Bonchev–Trinajstić information content (AvgIpc) is 3.26. The first kappa shape index (κ1) is 19.7. The van der Waals surface area contributed by atoms with Crippen molar-refractivity contribution in [1.29, 1.82) is 0 Å². The molecule has 0 aliphatic carbocycles. The second-order valence-corrected chi connectivity index (χ2v) is 9.42. The molecule has 0 aliphatic heterocycles. The number of anilines is 1. The summed E-state index contributed by atoms with van der Waals surface area (Å²) in [5.41, 5.74) is 0.893. The van der Waals surface area contributed by atoms with Crippen molar-refractivity contribution in [2.24, 2.45) is 0 Å². The lowest BCUT2D eigenvalue weighted by Crippen LogP contribution is -2.19. The highest BCUT2D eigenvalue weighted by Crippen LogP contribution is 2.28. The quantitative estimate of drug-likeness (QED) is 0.448. The van der Waals surface area contributed by atoms with Gasteiger partial charge in [0.1, 0.15) is 17.0 Å². The molecule has 2 aromatic carbocycles. The first-order chi connectivity index (χ1) is 13.8. The molecule has 1 N–H and O–H groups in total. The van der Waals surface area contributed by atoms with E-state index in [4.69, 9.17) is 4.42 Å². The summed E-state index contributed by atoms with van der Waals surface area (Å²) in [5, 5.41) is -0.00760. The van der Waals surface area contributed by atoms with E-state index in [0.717, 1.165) is 33.7 Å². The van der Waals surface area contributed by atoms with Gasteiger partial charge >= 0.3 is 5.76 Å². The predicted octanol–water partition coefficient (Wildman–Crippen LogP) is 3.76. The SMILES string of the molecule is CC(c1cccc(Br)c1)n1c(=O)oc2cc(S(=O)(=O)Nc3ncns3)c(F)cc21. The van der Waals surface area contributed by atoms with Crippen molar-refractivity contribution in [3.8, 4) is 0 Å². The van der Waals surface area contributed by atoms with Crippen molar-refractivity contribution in [2.45, 2.75) is 17.9 Å². The standard InChI is InChI=1S/C17H12BrFN4O4S2/c1-9(10-3-2-4-11(18)5-10)23-13-6-12(19)15(7-14(13)27-17(23)24)29(25,26)22-16-20-8-21-28-16/h2-9H,1H3,(H,20,21,22). The van der Waals surface area contributed by atoms with Gasteiger partial charge in [-0.15, -0.1) is 0 Å². The van der Waals surface area contributed by atoms with Gasteiger partial charge in [-0.05, 0) is 24.6 Å². The first-order valence-corrected chi connectivity index (χ1v) is 11.2. The Morgan fingerprint density at radius 3 is 2.79 bits per heavy atom. The van der Waals surface area contributed by atoms with Crippen molar-refractivity contribution in [2.75, 3.05) is 4.72 Å². The molecule has 0 saturated carbocycles. The second-order valence-electron chi connectivity index (χ2n) is 6.07. The number of hydrogen-bond donors (Lipinski definition) is 1. The molecule has 12 heteroatoms. The predicted molar refractivity (Wildman–Crippen MR) is 109 cm³/mol.